The fourth-order valence-electron chi connectivity index (χ4n) is 2.52. The van der Waals surface area contributed by atoms with E-state index in [1.54, 1.807) is 37.7 Å². The minimum Gasteiger partial charge on any atom is -0.493 e. The first-order valence-corrected chi connectivity index (χ1v) is 10.2. The normalized spacial score (nSPS) is 10.8. The molecule has 0 bridgehead atoms. The van der Waals surface area contributed by atoms with Crippen LogP contribution in [0.1, 0.15) is 47.1 Å². The molecule has 2 aromatic heterocycles. The summed E-state index contributed by atoms with van der Waals surface area (Å²) < 4.78 is 48.1. The van der Waals surface area contributed by atoms with Crippen LogP contribution in [0.4, 0.5) is 13.2 Å². The third-order valence-electron chi connectivity index (χ3n) is 4.40. The number of aromatic nitrogens is 2. The van der Waals surface area contributed by atoms with Gasteiger partial charge in [0.2, 0.25) is 0 Å². The first-order chi connectivity index (χ1) is 16.5. The lowest BCUT2D eigenvalue weighted by Crippen LogP contribution is -2.22. The number of benzene rings is 1. The molecule has 0 atom stereocenters. The van der Waals surface area contributed by atoms with E-state index >= 15 is 0 Å². The Labute approximate surface area is 198 Å². The van der Waals surface area contributed by atoms with E-state index in [0.29, 0.717) is 29.4 Å². The maximum atomic E-state index is 12.5. The SMILES string of the molecule is COc1ccc(C(=O)NCc2cc(C(C)C)no2)cc1OCc1ccncc1.O=C(O)C(F)(F)F. The van der Waals surface area contributed by atoms with E-state index in [4.69, 9.17) is 23.9 Å². The fourth-order valence-corrected chi connectivity index (χ4v) is 2.52. The summed E-state index contributed by atoms with van der Waals surface area (Å²) in [7, 11) is 1.56. The summed E-state index contributed by atoms with van der Waals surface area (Å²) in [6.45, 7) is 4.67. The van der Waals surface area contributed by atoms with Gasteiger partial charge in [0.1, 0.15) is 6.61 Å². The zero-order chi connectivity index (χ0) is 26.0. The molecule has 0 radical (unpaired) electrons. The Bertz CT molecular complexity index is 1120. The standard InChI is InChI=1S/C21H23N3O4.C2HF3O2/c1-14(2)18-11-17(28-24-18)12-23-21(25)16-4-5-19(26-3)20(10-16)27-13-15-6-8-22-9-7-15;3-2(4,5)1(6)7/h4-11,14H,12-13H2,1-3H3,(H,23,25);(H,6,7). The Balaban J connectivity index is 0.000000540. The van der Waals surface area contributed by atoms with Gasteiger partial charge < -0.3 is 24.4 Å². The van der Waals surface area contributed by atoms with Gasteiger partial charge in [0.25, 0.3) is 5.91 Å². The van der Waals surface area contributed by atoms with Crippen LogP contribution in [-0.2, 0) is 17.9 Å². The molecule has 0 fully saturated rings. The van der Waals surface area contributed by atoms with Gasteiger partial charge in [-0.1, -0.05) is 19.0 Å². The zero-order valence-electron chi connectivity index (χ0n) is 19.1. The van der Waals surface area contributed by atoms with Crippen LogP contribution >= 0.6 is 0 Å². The molecule has 35 heavy (non-hydrogen) atoms. The van der Waals surface area contributed by atoms with Crippen LogP contribution in [0.3, 0.4) is 0 Å². The van der Waals surface area contributed by atoms with Crippen LogP contribution in [0.5, 0.6) is 11.5 Å². The highest BCUT2D eigenvalue weighted by Gasteiger charge is 2.38. The number of ether oxygens (including phenoxy) is 2. The van der Waals surface area contributed by atoms with Crippen molar-refractivity contribution in [1.82, 2.24) is 15.5 Å². The molecule has 9 nitrogen and oxygen atoms in total. The average Bonchev–Trinajstić information content (AvgIpc) is 3.31. The predicted molar refractivity (Wildman–Crippen MR) is 117 cm³/mol. The van der Waals surface area contributed by atoms with Crippen molar-refractivity contribution >= 4 is 11.9 Å². The van der Waals surface area contributed by atoms with Gasteiger partial charge in [0, 0.05) is 24.0 Å². The molecule has 2 heterocycles. The molecule has 1 aromatic carbocycles. The molecule has 3 aromatic rings. The van der Waals surface area contributed by atoms with Crippen LogP contribution in [0.25, 0.3) is 0 Å². The molecule has 1 amide bonds. The van der Waals surface area contributed by atoms with Crippen LogP contribution in [0.2, 0.25) is 0 Å². The van der Waals surface area contributed by atoms with Crippen LogP contribution < -0.4 is 14.8 Å². The second-order valence-electron chi connectivity index (χ2n) is 7.37. The molecule has 0 aliphatic carbocycles. The number of carboxylic acids is 1. The number of carboxylic acid groups (broad SMARTS) is 1. The molecular weight excluding hydrogens is 471 g/mol. The van der Waals surface area contributed by atoms with Gasteiger partial charge in [-0.2, -0.15) is 13.2 Å². The number of alkyl halides is 3. The molecule has 0 spiro atoms. The van der Waals surface area contributed by atoms with Crippen molar-refractivity contribution in [3.8, 4) is 11.5 Å². The molecule has 0 aliphatic rings. The van der Waals surface area contributed by atoms with E-state index in [1.165, 1.54) is 0 Å². The Morgan fingerprint density at radius 2 is 1.77 bits per heavy atom. The summed E-state index contributed by atoms with van der Waals surface area (Å²) in [5.41, 5.74) is 2.30. The van der Waals surface area contributed by atoms with Crippen molar-refractivity contribution in [3.05, 3.63) is 71.4 Å². The number of aliphatic carboxylic acids is 1. The van der Waals surface area contributed by atoms with Gasteiger partial charge >= 0.3 is 12.1 Å². The fraction of sp³-hybridized carbons (Fsp3) is 0.304. The van der Waals surface area contributed by atoms with Crippen molar-refractivity contribution in [2.24, 2.45) is 0 Å². The molecule has 0 saturated heterocycles. The minimum absolute atomic E-state index is 0.237. The summed E-state index contributed by atoms with van der Waals surface area (Å²) in [5.74, 6) is -1.06. The number of carbonyl (C=O) groups is 2. The van der Waals surface area contributed by atoms with Crippen molar-refractivity contribution in [2.45, 2.75) is 39.1 Å². The maximum absolute atomic E-state index is 12.5. The van der Waals surface area contributed by atoms with Crippen LogP contribution in [0.15, 0.2) is 53.3 Å². The minimum atomic E-state index is -5.08. The highest BCUT2D eigenvalue weighted by molar-refractivity contribution is 5.94. The van der Waals surface area contributed by atoms with Gasteiger partial charge in [-0.3, -0.25) is 9.78 Å². The van der Waals surface area contributed by atoms with Gasteiger partial charge in [0.05, 0.1) is 19.3 Å². The molecule has 0 unspecified atom stereocenters. The van der Waals surface area contributed by atoms with Crippen LogP contribution in [0, 0.1) is 0 Å². The van der Waals surface area contributed by atoms with E-state index in [0.717, 1.165) is 11.3 Å². The first kappa shape index (κ1) is 27.2. The Hall–Kier alpha value is -4.09. The monoisotopic (exact) mass is 495 g/mol. The number of amides is 1. The number of carbonyl (C=O) groups excluding carboxylic acids is 1. The van der Waals surface area contributed by atoms with Gasteiger partial charge in [-0.25, -0.2) is 4.79 Å². The zero-order valence-corrected chi connectivity index (χ0v) is 19.1. The Morgan fingerprint density at radius 1 is 1.11 bits per heavy atom. The number of hydrogen-bond donors (Lipinski definition) is 2. The molecule has 3 rings (SSSR count). The number of nitrogens with one attached hydrogen (secondary N) is 1. The van der Waals surface area contributed by atoms with Gasteiger partial charge in [0.15, 0.2) is 17.3 Å². The number of pyridine rings is 1. The van der Waals surface area contributed by atoms with Gasteiger partial charge in [-0.15, -0.1) is 0 Å². The maximum Gasteiger partial charge on any atom is 0.490 e. The Morgan fingerprint density at radius 3 is 2.31 bits per heavy atom. The third kappa shape index (κ3) is 8.65. The lowest BCUT2D eigenvalue weighted by molar-refractivity contribution is -0.192. The van der Waals surface area contributed by atoms with E-state index in [1.807, 2.05) is 32.0 Å². The van der Waals surface area contributed by atoms with E-state index < -0.39 is 12.1 Å². The van der Waals surface area contributed by atoms with Crippen LogP contribution in [-0.4, -0.2) is 40.4 Å². The Kier molecular flexibility index (Phi) is 9.62. The number of hydrogen-bond acceptors (Lipinski definition) is 7. The molecular formula is C23H24F3N3O6. The van der Waals surface area contributed by atoms with E-state index in [-0.39, 0.29) is 18.4 Å². The smallest absolute Gasteiger partial charge is 0.490 e. The largest absolute Gasteiger partial charge is 0.493 e. The van der Waals surface area contributed by atoms with Crippen molar-refractivity contribution in [3.63, 3.8) is 0 Å². The highest BCUT2D eigenvalue weighted by atomic mass is 19.4. The number of rotatable bonds is 8. The molecule has 0 aliphatic heterocycles. The third-order valence-corrected chi connectivity index (χ3v) is 4.40. The molecule has 188 valence electrons. The number of nitrogens with zero attached hydrogens (tertiary/aromatic N) is 2. The van der Waals surface area contributed by atoms with Crippen molar-refractivity contribution in [1.29, 1.82) is 0 Å². The molecule has 0 saturated carbocycles. The first-order valence-electron chi connectivity index (χ1n) is 10.2. The summed E-state index contributed by atoms with van der Waals surface area (Å²) in [6, 6.07) is 10.6. The molecule has 2 N–H and O–H groups in total. The second-order valence-corrected chi connectivity index (χ2v) is 7.37. The van der Waals surface area contributed by atoms with Crippen molar-refractivity contribution in [2.75, 3.05) is 7.11 Å². The summed E-state index contributed by atoms with van der Waals surface area (Å²) >= 11 is 0. The molecule has 12 heteroatoms. The lowest BCUT2D eigenvalue weighted by Gasteiger charge is -2.12. The number of halogens is 3. The van der Waals surface area contributed by atoms with Crippen molar-refractivity contribution < 1.29 is 41.9 Å². The highest BCUT2D eigenvalue weighted by Crippen LogP contribution is 2.29. The second kappa shape index (κ2) is 12.4. The summed E-state index contributed by atoms with van der Waals surface area (Å²) in [4.78, 5) is 25.4. The predicted octanol–water partition coefficient (Wildman–Crippen LogP) is 4.34. The quantitative estimate of drug-likeness (QED) is 0.473. The summed E-state index contributed by atoms with van der Waals surface area (Å²) in [6.07, 6.45) is -1.68. The van der Waals surface area contributed by atoms with E-state index in [9.17, 15) is 18.0 Å². The average molecular weight is 495 g/mol. The summed E-state index contributed by atoms with van der Waals surface area (Å²) in [5, 5.41) is 13.9. The lowest BCUT2D eigenvalue weighted by atomic mass is 10.1. The van der Waals surface area contributed by atoms with E-state index in [2.05, 4.69) is 15.5 Å². The van der Waals surface area contributed by atoms with Gasteiger partial charge in [-0.05, 0) is 41.8 Å². The number of methoxy groups -OCH3 is 1. The topological polar surface area (TPSA) is 124 Å².